The predicted octanol–water partition coefficient (Wildman–Crippen LogP) is 14.9. The van der Waals surface area contributed by atoms with Crippen LogP contribution in [0.4, 0.5) is 0 Å². The highest BCUT2D eigenvalue weighted by Crippen LogP contribution is 2.33. The van der Waals surface area contributed by atoms with E-state index >= 15 is 0 Å². The van der Waals surface area contributed by atoms with Crippen LogP contribution in [0.25, 0.3) is 45.7 Å². The molecule has 15 nitrogen and oxygen atoms in total. The Morgan fingerprint density at radius 1 is 0.338 bits per heavy atom. The molecule has 0 amide bonds. The van der Waals surface area contributed by atoms with Gasteiger partial charge in [0.15, 0.2) is 5.82 Å². The number of nitrogens with one attached hydrogen (secondary N) is 4. The monoisotopic (exact) mass is 1080 g/mol. The first-order chi connectivity index (χ1) is 37.1. The lowest BCUT2D eigenvalue weighted by Crippen LogP contribution is -2.06. The van der Waals surface area contributed by atoms with E-state index in [0.29, 0.717) is 0 Å². The molecule has 9 aromatic heterocycles. The number of rotatable bonds is 5. The van der Waals surface area contributed by atoms with Crippen molar-refractivity contribution in [3.63, 3.8) is 0 Å². The van der Waals surface area contributed by atoms with Crippen molar-refractivity contribution in [3.8, 4) is 45.7 Å². The summed E-state index contributed by atoms with van der Waals surface area (Å²) in [6.45, 7) is 56.2. The molecule has 0 aromatic carbocycles. The summed E-state index contributed by atoms with van der Waals surface area (Å²) in [7, 11) is 1.69. The van der Waals surface area contributed by atoms with Gasteiger partial charge in [-0.2, -0.15) is 5.10 Å². The average molecular weight is 1080 g/mol. The first-order valence-corrected chi connectivity index (χ1v) is 27.4. The normalized spacial score (nSPS) is 10.8. The standard InChI is InChI=1S/C16H22N2.3C14H19N3.C7H10N2O2/c1-8-9(2)13(6)17-15(11(8)4)16-12(5)10(3)14(7)18-16;1-7-8(2)11(5)15-13(9(7)3)14-10(4)12(6)16-17-14;1-7-8(2)10(4)16-13(9(7)3)14-11(5)15-12(6)17-14;1-7-8(2)10(4)15-13(9(7)3)14-16-11(5)12(6)17-14;1-4-5(2)9(3)6(8-4)7(10)11/h18H,1-7H3;1-6H3,(H,16,17);1-6H3,(H,15,17);1-6H3,(H,16,17);1-3H3,(H,10,11). The van der Waals surface area contributed by atoms with Crippen LogP contribution in [0.1, 0.15) is 163 Å². The number of nitrogens with zero attached hydrogens (tertiary/aromatic N) is 9. The second kappa shape index (κ2) is 25.1. The third kappa shape index (κ3) is 12.9. The van der Waals surface area contributed by atoms with Crippen LogP contribution in [0.5, 0.6) is 0 Å². The van der Waals surface area contributed by atoms with Gasteiger partial charge in [0.1, 0.15) is 22.9 Å². The zero-order valence-electron chi connectivity index (χ0n) is 53.4. The minimum atomic E-state index is -0.983. The van der Waals surface area contributed by atoms with Crippen LogP contribution in [-0.2, 0) is 7.05 Å². The van der Waals surface area contributed by atoms with Gasteiger partial charge < -0.3 is 24.6 Å². The van der Waals surface area contributed by atoms with Crippen LogP contribution < -0.4 is 0 Å². The Kier molecular flexibility index (Phi) is 19.8. The Hall–Kier alpha value is -7.81. The van der Waals surface area contributed by atoms with Crippen molar-refractivity contribution in [1.82, 2.24) is 64.6 Å². The molecule has 9 heterocycles. The highest BCUT2D eigenvalue weighted by atomic mass is 16.4. The van der Waals surface area contributed by atoms with E-state index in [9.17, 15) is 4.79 Å². The van der Waals surface area contributed by atoms with Gasteiger partial charge in [-0.05, 0) is 270 Å². The quantitative estimate of drug-likeness (QED) is 0.110. The Labute approximate surface area is 475 Å². The third-order valence-electron chi connectivity index (χ3n) is 17.1. The summed E-state index contributed by atoms with van der Waals surface area (Å²) in [5.41, 5.74) is 38.0. The van der Waals surface area contributed by atoms with Gasteiger partial charge in [0, 0.05) is 58.3 Å². The third-order valence-corrected chi connectivity index (χ3v) is 17.1. The molecule has 9 aromatic rings. The zero-order valence-corrected chi connectivity index (χ0v) is 53.4. The molecule has 9 rings (SSSR count). The van der Waals surface area contributed by atoms with E-state index in [1.54, 1.807) is 18.5 Å². The minimum absolute atomic E-state index is 0.0972. The molecular weight excluding hydrogens is 995 g/mol. The molecule has 426 valence electrons. The van der Waals surface area contributed by atoms with E-state index in [-0.39, 0.29) is 5.82 Å². The second-order valence-corrected chi connectivity index (χ2v) is 21.9. The molecule has 15 heteroatoms. The van der Waals surface area contributed by atoms with Crippen molar-refractivity contribution >= 4 is 5.97 Å². The van der Waals surface area contributed by atoms with Crippen LogP contribution in [-0.4, -0.2) is 75.7 Å². The van der Waals surface area contributed by atoms with E-state index in [1.807, 2.05) is 48.5 Å². The smallest absolute Gasteiger partial charge is 0.372 e. The van der Waals surface area contributed by atoms with Crippen molar-refractivity contribution in [2.45, 2.75) is 187 Å². The summed E-state index contributed by atoms with van der Waals surface area (Å²) in [6.07, 6.45) is 0. The lowest BCUT2D eigenvalue weighted by molar-refractivity contribution is 0.0679. The molecule has 0 aliphatic rings. The number of pyridine rings is 4. The molecule has 0 unspecified atom stereocenters. The molecule has 0 saturated carbocycles. The van der Waals surface area contributed by atoms with E-state index in [2.05, 4.69) is 177 Å². The molecule has 0 fully saturated rings. The fraction of sp³-hybridized carbons (Fsp3) is 0.431. The lowest BCUT2D eigenvalue weighted by atomic mass is 9.99. The Morgan fingerprint density at radius 3 is 1.10 bits per heavy atom. The molecule has 0 saturated heterocycles. The number of carbonyl (C=O) groups is 1. The van der Waals surface area contributed by atoms with Crippen molar-refractivity contribution in [3.05, 3.63) is 158 Å². The van der Waals surface area contributed by atoms with Gasteiger partial charge in [0.05, 0.1) is 34.2 Å². The number of aromatic amines is 4. The van der Waals surface area contributed by atoms with Gasteiger partial charge in [-0.3, -0.25) is 20.1 Å². The number of hydrogen-bond acceptors (Lipinski definition) is 9. The molecule has 5 N–H and O–H groups in total. The first kappa shape index (κ1) is 63.0. The van der Waals surface area contributed by atoms with Gasteiger partial charge >= 0.3 is 5.97 Å². The number of carboxylic acids is 1. The Morgan fingerprint density at radius 2 is 0.762 bits per heavy atom. The first-order valence-electron chi connectivity index (χ1n) is 27.4. The van der Waals surface area contributed by atoms with Gasteiger partial charge in [-0.15, -0.1) is 0 Å². The van der Waals surface area contributed by atoms with E-state index < -0.39 is 5.97 Å². The van der Waals surface area contributed by atoms with Crippen LogP contribution in [0.15, 0.2) is 0 Å². The predicted molar refractivity (Wildman–Crippen MR) is 328 cm³/mol. The van der Waals surface area contributed by atoms with Gasteiger partial charge in [-0.1, -0.05) is 0 Å². The number of aryl methyl sites for hydroxylation is 11. The summed E-state index contributed by atoms with van der Waals surface area (Å²) < 4.78 is 1.57. The SMILES string of the molecule is Cc1nc(-c2[nH]c(C)c(C)c2C)c(C)c(C)c1C.Cc1nc(-c2n[nH]c(C)c2C)c(C)c(C)c1C.Cc1nc(-c2nc(C)c(C)c(C)c2C)[nH]c1C.Cc1nc(-c2nc(C)c(C)c(C)c2C)c(C)[nH]1.Cc1nc(C(=O)O)n(C)c1C. The number of imidazole rings is 3. The zero-order chi connectivity index (χ0) is 60.4. The summed E-state index contributed by atoms with van der Waals surface area (Å²) in [4.78, 5) is 52.3. The van der Waals surface area contributed by atoms with Gasteiger partial charge in [-0.25, -0.2) is 24.7 Å². The summed E-state index contributed by atoms with van der Waals surface area (Å²) >= 11 is 0. The maximum Gasteiger partial charge on any atom is 0.372 e. The highest BCUT2D eigenvalue weighted by molar-refractivity contribution is 5.83. The molecule has 0 bridgehead atoms. The maximum atomic E-state index is 10.5. The molecule has 0 aliphatic heterocycles. The molecule has 0 aliphatic carbocycles. The van der Waals surface area contributed by atoms with E-state index in [0.717, 1.165) is 103 Å². The summed E-state index contributed by atoms with van der Waals surface area (Å²) in [5, 5.41) is 16.0. The average Bonchev–Trinajstić information content (AvgIpc) is 4.18. The van der Waals surface area contributed by atoms with Crippen LogP contribution in [0.2, 0.25) is 0 Å². The molecule has 0 atom stereocenters. The summed E-state index contributed by atoms with van der Waals surface area (Å²) in [6, 6.07) is 0. The number of aromatic nitrogens is 13. The van der Waals surface area contributed by atoms with Crippen molar-refractivity contribution in [2.75, 3.05) is 0 Å². The highest BCUT2D eigenvalue weighted by Gasteiger charge is 2.20. The van der Waals surface area contributed by atoms with Gasteiger partial charge in [0.25, 0.3) is 0 Å². The molecule has 0 radical (unpaired) electrons. The molecular formula is C65H89N13O2. The maximum absolute atomic E-state index is 10.5. The largest absolute Gasteiger partial charge is 0.475 e. The van der Waals surface area contributed by atoms with Crippen molar-refractivity contribution < 1.29 is 9.90 Å². The van der Waals surface area contributed by atoms with Crippen LogP contribution in [0.3, 0.4) is 0 Å². The number of aromatic carboxylic acids is 1. The fourth-order valence-electron chi connectivity index (χ4n) is 9.40. The fourth-order valence-corrected chi connectivity index (χ4v) is 9.40. The topological polar surface area (TPSA) is 209 Å². The summed E-state index contributed by atoms with van der Waals surface area (Å²) in [5.74, 6) is 0.932. The number of H-pyrrole nitrogens is 4. The van der Waals surface area contributed by atoms with Gasteiger partial charge in [0.2, 0.25) is 5.82 Å². The number of carboxylic acid groups (broad SMARTS) is 1. The second-order valence-electron chi connectivity index (χ2n) is 21.9. The molecule has 80 heavy (non-hydrogen) atoms. The van der Waals surface area contributed by atoms with Crippen molar-refractivity contribution in [1.29, 1.82) is 0 Å². The Balaban J connectivity index is 0.000000185. The van der Waals surface area contributed by atoms with Crippen LogP contribution >= 0.6 is 0 Å². The van der Waals surface area contributed by atoms with E-state index in [1.165, 1.54) is 94.8 Å². The minimum Gasteiger partial charge on any atom is -0.475 e. The lowest BCUT2D eigenvalue weighted by Gasteiger charge is -2.13. The van der Waals surface area contributed by atoms with Crippen LogP contribution in [0, 0.1) is 187 Å². The number of hydrogen-bond donors (Lipinski definition) is 5. The molecule has 0 spiro atoms. The van der Waals surface area contributed by atoms with E-state index in [4.69, 9.17) is 20.1 Å². The van der Waals surface area contributed by atoms with Crippen molar-refractivity contribution in [2.24, 2.45) is 7.05 Å². The Bertz CT molecular complexity index is 3710.